The van der Waals surface area contributed by atoms with Crippen LogP contribution in [-0.2, 0) is 9.53 Å². The molecular formula is C15H30N2O2. The van der Waals surface area contributed by atoms with Gasteiger partial charge in [0.15, 0.2) is 0 Å². The first kappa shape index (κ1) is 16.4. The van der Waals surface area contributed by atoms with Gasteiger partial charge in [0.1, 0.15) is 0 Å². The maximum Gasteiger partial charge on any atom is 0.220 e. The van der Waals surface area contributed by atoms with E-state index in [9.17, 15) is 4.79 Å². The fraction of sp³-hybridized carbons (Fsp3) is 0.933. The van der Waals surface area contributed by atoms with Crippen molar-refractivity contribution >= 4 is 5.91 Å². The Morgan fingerprint density at radius 1 is 1.42 bits per heavy atom. The topological polar surface area (TPSA) is 64.4 Å². The third-order valence-corrected chi connectivity index (χ3v) is 4.18. The lowest BCUT2D eigenvalue weighted by Gasteiger charge is -2.24. The van der Waals surface area contributed by atoms with E-state index in [1.807, 2.05) is 0 Å². The van der Waals surface area contributed by atoms with Crippen LogP contribution in [0.2, 0.25) is 0 Å². The minimum Gasteiger partial charge on any atom is -0.373 e. The Labute approximate surface area is 117 Å². The van der Waals surface area contributed by atoms with E-state index in [0.717, 1.165) is 32.3 Å². The van der Waals surface area contributed by atoms with Crippen LogP contribution in [0.1, 0.15) is 52.9 Å². The van der Waals surface area contributed by atoms with Crippen LogP contribution in [0.5, 0.6) is 0 Å². The molecule has 2 atom stereocenters. The number of ether oxygens (including phenoxy) is 1. The Morgan fingerprint density at radius 2 is 2.16 bits per heavy atom. The minimum atomic E-state index is -0.148. The molecule has 0 spiro atoms. The number of hydrogen-bond acceptors (Lipinski definition) is 3. The fourth-order valence-electron chi connectivity index (χ4n) is 2.69. The molecule has 0 aromatic rings. The van der Waals surface area contributed by atoms with Gasteiger partial charge in [0.25, 0.3) is 0 Å². The highest BCUT2D eigenvalue weighted by Gasteiger charge is 2.30. The van der Waals surface area contributed by atoms with Crippen LogP contribution < -0.4 is 11.1 Å². The molecule has 4 nitrogen and oxygen atoms in total. The van der Waals surface area contributed by atoms with Crippen LogP contribution in [-0.4, -0.2) is 31.2 Å². The Bertz CT molecular complexity index is 273. The summed E-state index contributed by atoms with van der Waals surface area (Å²) in [6.45, 7) is 8.63. The molecule has 0 aliphatic carbocycles. The Morgan fingerprint density at radius 3 is 2.68 bits per heavy atom. The summed E-state index contributed by atoms with van der Waals surface area (Å²) in [6.07, 6.45) is 4.66. The summed E-state index contributed by atoms with van der Waals surface area (Å²) in [6, 6.07) is 0. The average molecular weight is 270 g/mol. The zero-order valence-corrected chi connectivity index (χ0v) is 12.7. The number of nitrogens with one attached hydrogen (secondary N) is 1. The van der Waals surface area contributed by atoms with E-state index >= 15 is 0 Å². The van der Waals surface area contributed by atoms with Gasteiger partial charge in [-0.15, -0.1) is 0 Å². The maximum absolute atomic E-state index is 11.9. The van der Waals surface area contributed by atoms with Crippen molar-refractivity contribution in [1.29, 1.82) is 0 Å². The standard InChI is InChI=1S/C15H30N2O2/c1-12(2)13(7-9-16)5-6-14(18)17-11-15(3)8-4-10-19-15/h12-13H,4-11,16H2,1-3H3,(H,17,18). The van der Waals surface area contributed by atoms with E-state index < -0.39 is 0 Å². The predicted octanol–water partition coefficient (Wildman–Crippen LogP) is 2.07. The molecule has 1 heterocycles. The van der Waals surface area contributed by atoms with Crippen molar-refractivity contribution in [3.8, 4) is 0 Å². The molecule has 0 aromatic carbocycles. The van der Waals surface area contributed by atoms with Crippen molar-refractivity contribution < 1.29 is 9.53 Å². The van der Waals surface area contributed by atoms with Crippen molar-refractivity contribution in [2.45, 2.75) is 58.5 Å². The van der Waals surface area contributed by atoms with Gasteiger partial charge in [0, 0.05) is 19.6 Å². The first-order valence-corrected chi connectivity index (χ1v) is 7.57. The predicted molar refractivity (Wildman–Crippen MR) is 77.8 cm³/mol. The largest absolute Gasteiger partial charge is 0.373 e. The van der Waals surface area contributed by atoms with Crippen LogP contribution in [0.3, 0.4) is 0 Å². The van der Waals surface area contributed by atoms with Gasteiger partial charge in [0.05, 0.1) is 5.60 Å². The van der Waals surface area contributed by atoms with Crippen LogP contribution in [0, 0.1) is 11.8 Å². The molecule has 19 heavy (non-hydrogen) atoms. The second-order valence-electron chi connectivity index (χ2n) is 6.30. The number of carbonyl (C=O) groups excluding carboxylic acids is 1. The van der Waals surface area contributed by atoms with Gasteiger partial charge in [0.2, 0.25) is 5.91 Å². The first-order valence-electron chi connectivity index (χ1n) is 7.57. The molecule has 1 amide bonds. The van der Waals surface area contributed by atoms with Crippen molar-refractivity contribution in [3.63, 3.8) is 0 Å². The van der Waals surface area contributed by atoms with Gasteiger partial charge in [-0.3, -0.25) is 4.79 Å². The third kappa shape index (κ3) is 5.91. The highest BCUT2D eigenvalue weighted by atomic mass is 16.5. The summed E-state index contributed by atoms with van der Waals surface area (Å²) in [5.74, 6) is 1.28. The van der Waals surface area contributed by atoms with Gasteiger partial charge < -0.3 is 15.8 Å². The van der Waals surface area contributed by atoms with Gasteiger partial charge in [-0.1, -0.05) is 13.8 Å². The Balaban J connectivity index is 2.23. The zero-order chi connectivity index (χ0) is 14.3. The number of rotatable bonds is 8. The minimum absolute atomic E-state index is 0.138. The highest BCUT2D eigenvalue weighted by Crippen LogP contribution is 2.24. The smallest absolute Gasteiger partial charge is 0.220 e. The average Bonchev–Trinajstić information content (AvgIpc) is 2.79. The van der Waals surface area contributed by atoms with Crippen molar-refractivity contribution in [1.82, 2.24) is 5.32 Å². The highest BCUT2D eigenvalue weighted by molar-refractivity contribution is 5.75. The summed E-state index contributed by atoms with van der Waals surface area (Å²) in [5.41, 5.74) is 5.47. The van der Waals surface area contributed by atoms with E-state index in [4.69, 9.17) is 10.5 Å². The summed E-state index contributed by atoms with van der Waals surface area (Å²) in [4.78, 5) is 11.9. The molecule has 1 aliphatic rings. The van der Waals surface area contributed by atoms with E-state index in [-0.39, 0.29) is 11.5 Å². The maximum atomic E-state index is 11.9. The third-order valence-electron chi connectivity index (χ3n) is 4.18. The number of nitrogens with two attached hydrogens (primary N) is 1. The molecule has 0 radical (unpaired) electrons. The monoisotopic (exact) mass is 270 g/mol. The quantitative estimate of drug-likeness (QED) is 0.709. The summed E-state index contributed by atoms with van der Waals surface area (Å²) in [7, 11) is 0. The van der Waals surface area contributed by atoms with Gasteiger partial charge in [-0.05, 0) is 51.0 Å². The lowest BCUT2D eigenvalue weighted by atomic mass is 9.88. The normalized spacial score (nSPS) is 24.7. The number of amides is 1. The summed E-state index contributed by atoms with van der Waals surface area (Å²) in [5, 5.41) is 3.01. The van der Waals surface area contributed by atoms with E-state index in [1.54, 1.807) is 0 Å². The second-order valence-corrected chi connectivity index (χ2v) is 6.30. The van der Waals surface area contributed by atoms with Crippen LogP contribution in [0.25, 0.3) is 0 Å². The van der Waals surface area contributed by atoms with Gasteiger partial charge >= 0.3 is 0 Å². The van der Waals surface area contributed by atoms with Gasteiger partial charge in [-0.2, -0.15) is 0 Å². The lowest BCUT2D eigenvalue weighted by Crippen LogP contribution is -2.40. The van der Waals surface area contributed by atoms with E-state index in [2.05, 4.69) is 26.1 Å². The molecule has 0 saturated carbocycles. The molecule has 3 N–H and O–H groups in total. The van der Waals surface area contributed by atoms with E-state index in [1.165, 1.54) is 0 Å². The van der Waals surface area contributed by atoms with Crippen molar-refractivity contribution in [2.24, 2.45) is 17.6 Å². The molecule has 112 valence electrons. The fourth-order valence-corrected chi connectivity index (χ4v) is 2.69. The molecule has 1 rings (SSSR count). The van der Waals surface area contributed by atoms with Gasteiger partial charge in [-0.25, -0.2) is 0 Å². The number of hydrogen-bond donors (Lipinski definition) is 2. The van der Waals surface area contributed by atoms with Crippen LogP contribution in [0.4, 0.5) is 0 Å². The molecule has 1 fully saturated rings. The van der Waals surface area contributed by atoms with Crippen LogP contribution >= 0.6 is 0 Å². The summed E-state index contributed by atoms with van der Waals surface area (Å²) >= 11 is 0. The van der Waals surface area contributed by atoms with E-state index in [0.29, 0.717) is 31.3 Å². The molecule has 1 aliphatic heterocycles. The second kappa shape index (κ2) is 7.85. The van der Waals surface area contributed by atoms with Crippen LogP contribution in [0.15, 0.2) is 0 Å². The molecule has 4 heteroatoms. The summed E-state index contributed by atoms with van der Waals surface area (Å²) < 4.78 is 5.66. The molecule has 0 bridgehead atoms. The Kier molecular flexibility index (Phi) is 6.80. The molecule has 0 aromatic heterocycles. The molecular weight excluding hydrogens is 240 g/mol. The molecule has 2 unspecified atom stereocenters. The van der Waals surface area contributed by atoms with Crippen molar-refractivity contribution in [2.75, 3.05) is 19.7 Å². The zero-order valence-electron chi connectivity index (χ0n) is 12.7. The Hall–Kier alpha value is -0.610. The SMILES string of the molecule is CC(C)C(CCN)CCC(=O)NCC1(C)CCCO1. The lowest BCUT2D eigenvalue weighted by molar-refractivity contribution is -0.122. The van der Waals surface area contributed by atoms with Crippen molar-refractivity contribution in [3.05, 3.63) is 0 Å². The number of carbonyl (C=O) groups is 1. The molecule has 1 saturated heterocycles. The first-order chi connectivity index (χ1) is 8.97.